The van der Waals surface area contributed by atoms with Crippen LogP contribution in [0.15, 0.2) is 215 Å². The van der Waals surface area contributed by atoms with Gasteiger partial charge in [0.25, 0.3) is 0 Å². The molecule has 2 heterocycles. The number of anilines is 6. The van der Waals surface area contributed by atoms with Crippen LogP contribution in [-0.2, 0) is 0 Å². The Kier molecular flexibility index (Phi) is 10.1. The summed E-state index contributed by atoms with van der Waals surface area (Å²) >= 11 is 0. The summed E-state index contributed by atoms with van der Waals surface area (Å²) in [5.74, 6) is 0. The Morgan fingerprint density at radius 1 is 0.226 bits per heavy atom. The van der Waals surface area contributed by atoms with Crippen molar-refractivity contribution in [2.24, 2.45) is 0 Å². The molecular formula is C58H46N2O2. The van der Waals surface area contributed by atoms with E-state index < -0.39 is 0 Å². The molecule has 0 fully saturated rings. The van der Waals surface area contributed by atoms with Crippen molar-refractivity contribution in [2.45, 2.75) is 27.7 Å². The lowest BCUT2D eigenvalue weighted by Crippen LogP contribution is -2.10. The molecule has 2 aromatic heterocycles. The first-order chi connectivity index (χ1) is 30.7. The maximum absolute atomic E-state index is 6.22. The number of fused-ring (bicyclic) bond motifs is 12. The SMILES string of the molecule is CC.CC.c1ccc(N(c2ccc3oc4ccccc4c3c2)c2ccc3c4ccc(N(c5ccccc5)c5ccc6oc7ccccc7c6c5)cc4c4ccccc4c3c2)cc1. The third kappa shape index (κ3) is 6.48. The van der Waals surface area contributed by atoms with E-state index >= 15 is 0 Å². The molecule has 4 heteroatoms. The molecule has 0 bridgehead atoms. The summed E-state index contributed by atoms with van der Waals surface area (Å²) in [7, 11) is 0. The molecule has 10 aromatic carbocycles. The third-order valence-electron chi connectivity index (χ3n) is 11.6. The molecule has 4 nitrogen and oxygen atoms in total. The van der Waals surface area contributed by atoms with Gasteiger partial charge in [0, 0.05) is 55.7 Å². The zero-order valence-electron chi connectivity index (χ0n) is 35.3. The van der Waals surface area contributed by atoms with Crippen LogP contribution in [0, 0.1) is 0 Å². The van der Waals surface area contributed by atoms with Crippen molar-refractivity contribution >= 4 is 110 Å². The topological polar surface area (TPSA) is 32.8 Å². The van der Waals surface area contributed by atoms with Crippen LogP contribution in [-0.4, -0.2) is 0 Å². The second-order valence-electron chi connectivity index (χ2n) is 14.9. The second kappa shape index (κ2) is 16.3. The van der Waals surface area contributed by atoms with E-state index in [-0.39, 0.29) is 0 Å². The normalized spacial score (nSPS) is 11.2. The van der Waals surface area contributed by atoms with Crippen LogP contribution in [0.1, 0.15) is 27.7 Å². The molecule has 0 spiro atoms. The minimum Gasteiger partial charge on any atom is -0.456 e. The summed E-state index contributed by atoms with van der Waals surface area (Å²) in [5, 5.41) is 11.7. The van der Waals surface area contributed by atoms with Crippen LogP contribution in [0.5, 0.6) is 0 Å². The minimum absolute atomic E-state index is 0.884. The number of rotatable bonds is 6. The first-order valence-corrected chi connectivity index (χ1v) is 21.7. The van der Waals surface area contributed by atoms with Crippen molar-refractivity contribution in [3.63, 3.8) is 0 Å². The molecule has 0 unspecified atom stereocenters. The van der Waals surface area contributed by atoms with Gasteiger partial charge in [-0.25, -0.2) is 0 Å². The van der Waals surface area contributed by atoms with Crippen molar-refractivity contribution in [2.75, 3.05) is 9.80 Å². The summed E-state index contributed by atoms with van der Waals surface area (Å²) in [4.78, 5) is 4.70. The van der Waals surface area contributed by atoms with E-state index in [1.165, 1.54) is 32.3 Å². The van der Waals surface area contributed by atoms with E-state index in [4.69, 9.17) is 8.83 Å². The van der Waals surface area contributed by atoms with E-state index in [0.717, 1.165) is 78.0 Å². The van der Waals surface area contributed by atoms with Gasteiger partial charge in [0.15, 0.2) is 0 Å². The van der Waals surface area contributed by atoms with Crippen LogP contribution in [0.25, 0.3) is 76.2 Å². The van der Waals surface area contributed by atoms with Crippen LogP contribution in [0.4, 0.5) is 34.1 Å². The van der Waals surface area contributed by atoms with Crippen molar-refractivity contribution in [1.29, 1.82) is 0 Å². The Hall–Kier alpha value is -7.82. The fraction of sp³-hybridized carbons (Fsp3) is 0.0690. The summed E-state index contributed by atoms with van der Waals surface area (Å²) < 4.78 is 12.4. The number of benzene rings is 10. The number of hydrogen-bond acceptors (Lipinski definition) is 4. The average molecular weight is 803 g/mol. The van der Waals surface area contributed by atoms with Crippen LogP contribution in [0.3, 0.4) is 0 Å². The van der Waals surface area contributed by atoms with Gasteiger partial charge in [-0.1, -0.05) is 137 Å². The predicted molar refractivity (Wildman–Crippen MR) is 266 cm³/mol. The first-order valence-electron chi connectivity index (χ1n) is 21.7. The van der Waals surface area contributed by atoms with Crippen molar-refractivity contribution < 1.29 is 8.83 Å². The van der Waals surface area contributed by atoms with Crippen LogP contribution >= 0.6 is 0 Å². The Morgan fingerprint density at radius 2 is 0.516 bits per heavy atom. The first kappa shape index (κ1) is 38.4. The van der Waals surface area contributed by atoms with Gasteiger partial charge in [-0.05, 0) is 129 Å². The Balaban J connectivity index is 0.00000112. The highest BCUT2D eigenvalue weighted by atomic mass is 16.3. The predicted octanol–water partition coefficient (Wildman–Crippen LogP) is 17.9. The number of nitrogens with zero attached hydrogens (tertiary/aromatic N) is 2. The smallest absolute Gasteiger partial charge is 0.135 e. The van der Waals surface area contributed by atoms with Crippen molar-refractivity contribution in [3.8, 4) is 0 Å². The van der Waals surface area contributed by atoms with Gasteiger partial charge in [-0.15, -0.1) is 0 Å². The Bertz CT molecular complexity index is 3280. The fourth-order valence-corrected chi connectivity index (χ4v) is 8.97. The van der Waals surface area contributed by atoms with Gasteiger partial charge < -0.3 is 18.6 Å². The van der Waals surface area contributed by atoms with Crippen LogP contribution < -0.4 is 9.80 Å². The third-order valence-corrected chi connectivity index (χ3v) is 11.6. The van der Waals surface area contributed by atoms with E-state index in [2.05, 4.69) is 192 Å². The lowest BCUT2D eigenvalue weighted by molar-refractivity contribution is 0.668. The summed E-state index contributed by atoms with van der Waals surface area (Å²) in [6.45, 7) is 8.00. The van der Waals surface area contributed by atoms with Gasteiger partial charge in [-0.2, -0.15) is 0 Å². The van der Waals surface area contributed by atoms with Gasteiger partial charge in [0.2, 0.25) is 0 Å². The zero-order valence-corrected chi connectivity index (χ0v) is 35.3. The number of hydrogen-bond donors (Lipinski definition) is 0. The van der Waals surface area contributed by atoms with E-state index in [1.54, 1.807) is 0 Å². The largest absolute Gasteiger partial charge is 0.456 e. The molecule has 0 saturated carbocycles. The second-order valence-corrected chi connectivity index (χ2v) is 14.9. The molecule has 0 amide bonds. The minimum atomic E-state index is 0.884. The number of para-hydroxylation sites is 4. The molecule has 12 aromatic rings. The highest BCUT2D eigenvalue weighted by Crippen LogP contribution is 2.45. The Labute approximate surface area is 361 Å². The molecule has 0 aliphatic rings. The molecule has 0 aliphatic carbocycles. The highest BCUT2D eigenvalue weighted by Gasteiger charge is 2.20. The van der Waals surface area contributed by atoms with E-state index in [9.17, 15) is 0 Å². The molecule has 0 radical (unpaired) electrons. The van der Waals surface area contributed by atoms with E-state index in [1.807, 2.05) is 52.0 Å². The quantitative estimate of drug-likeness (QED) is 0.157. The van der Waals surface area contributed by atoms with Crippen molar-refractivity contribution in [1.82, 2.24) is 0 Å². The highest BCUT2D eigenvalue weighted by molar-refractivity contribution is 6.26. The van der Waals surface area contributed by atoms with Gasteiger partial charge in [0.05, 0.1) is 0 Å². The number of furan rings is 2. The van der Waals surface area contributed by atoms with Crippen LogP contribution in [0.2, 0.25) is 0 Å². The molecule has 0 aliphatic heterocycles. The molecule has 12 rings (SSSR count). The average Bonchev–Trinajstić information content (AvgIpc) is 3.92. The molecule has 300 valence electrons. The monoisotopic (exact) mass is 802 g/mol. The molecule has 0 atom stereocenters. The summed E-state index contributed by atoms with van der Waals surface area (Å²) in [6.07, 6.45) is 0. The zero-order chi connectivity index (χ0) is 42.2. The van der Waals surface area contributed by atoms with Crippen molar-refractivity contribution in [3.05, 3.63) is 206 Å². The maximum atomic E-state index is 6.22. The molecule has 62 heavy (non-hydrogen) atoms. The standard InChI is InChI=1S/C54H34N2O2.2C2H6/c1-3-13-35(14-4-1)55(39-25-29-53-49(33-39)45-19-9-11-21-51(45)57-53)37-23-27-43-44-28-24-38(32-48(44)42-18-8-7-17-41(42)47(43)31-37)56(36-15-5-2-6-16-36)40-26-30-54-50(34-40)46-20-10-12-22-52(46)58-54;2*1-2/h1-34H;2*1-2H3. The Morgan fingerprint density at radius 3 is 0.919 bits per heavy atom. The van der Waals surface area contributed by atoms with Gasteiger partial charge in [0.1, 0.15) is 22.3 Å². The lowest BCUT2D eigenvalue weighted by Gasteiger charge is -2.27. The lowest BCUT2D eigenvalue weighted by atomic mass is 9.93. The molecule has 0 saturated heterocycles. The molecular weight excluding hydrogens is 757 g/mol. The fourth-order valence-electron chi connectivity index (χ4n) is 8.97. The summed E-state index contributed by atoms with van der Waals surface area (Å²) in [5.41, 5.74) is 10.1. The molecule has 0 N–H and O–H groups in total. The summed E-state index contributed by atoms with van der Waals surface area (Å²) in [6, 6.07) is 73.4. The van der Waals surface area contributed by atoms with E-state index in [0.29, 0.717) is 0 Å². The van der Waals surface area contributed by atoms with Gasteiger partial charge in [-0.3, -0.25) is 0 Å². The van der Waals surface area contributed by atoms with Gasteiger partial charge >= 0.3 is 0 Å². The maximum Gasteiger partial charge on any atom is 0.135 e.